The molecule has 3 rings (SSSR count). The Kier molecular flexibility index (Phi) is 5.86. The van der Waals surface area contributed by atoms with Crippen molar-refractivity contribution in [1.82, 2.24) is 5.32 Å². The number of furan rings is 1. The Bertz CT molecular complexity index is 946. The molecule has 5 nitrogen and oxygen atoms in total. The van der Waals surface area contributed by atoms with E-state index in [1.54, 1.807) is 12.1 Å². The molecule has 27 heavy (non-hydrogen) atoms. The molecule has 140 valence electrons. The van der Waals surface area contributed by atoms with Crippen molar-refractivity contribution < 1.29 is 23.1 Å². The second kappa shape index (κ2) is 8.49. The number of hydrogen-bond donors (Lipinski definition) is 1. The smallest absolute Gasteiger partial charge is 0.310 e. The third kappa shape index (κ3) is 5.17. The highest BCUT2D eigenvalue weighted by atomic mass is 19.1. The molecular weight excluding hydrogens is 349 g/mol. The van der Waals surface area contributed by atoms with Crippen LogP contribution < -0.4 is 5.32 Å². The van der Waals surface area contributed by atoms with Gasteiger partial charge in [0.1, 0.15) is 11.4 Å². The molecule has 0 aliphatic rings. The molecule has 0 aliphatic carbocycles. The number of ether oxygens (including phenoxy) is 1. The highest BCUT2D eigenvalue weighted by molar-refractivity contribution is 5.87. The van der Waals surface area contributed by atoms with Gasteiger partial charge >= 0.3 is 5.97 Å². The Morgan fingerprint density at radius 3 is 2.70 bits per heavy atom. The summed E-state index contributed by atoms with van der Waals surface area (Å²) in [6.45, 7) is 2.01. The predicted molar refractivity (Wildman–Crippen MR) is 98.7 cm³/mol. The number of carbonyl (C=O) groups excluding carboxylic acids is 2. The number of hydrogen-bond acceptors (Lipinski definition) is 4. The topological polar surface area (TPSA) is 68.5 Å². The number of esters is 1. The fourth-order valence-corrected chi connectivity index (χ4v) is 2.73. The summed E-state index contributed by atoms with van der Waals surface area (Å²) in [6, 6.07) is 11.8. The van der Waals surface area contributed by atoms with E-state index in [4.69, 9.17) is 9.15 Å². The first-order valence-corrected chi connectivity index (χ1v) is 8.65. The van der Waals surface area contributed by atoms with Gasteiger partial charge < -0.3 is 14.5 Å². The lowest BCUT2D eigenvalue weighted by Crippen LogP contribution is -2.30. The Morgan fingerprint density at radius 1 is 1.15 bits per heavy atom. The number of carbonyl (C=O) groups is 2. The molecule has 1 N–H and O–H groups in total. The van der Waals surface area contributed by atoms with Gasteiger partial charge in [0.05, 0.1) is 12.7 Å². The van der Waals surface area contributed by atoms with Crippen LogP contribution >= 0.6 is 0 Å². The van der Waals surface area contributed by atoms with Crippen LogP contribution in [0.15, 0.2) is 53.1 Å². The van der Waals surface area contributed by atoms with Crippen molar-refractivity contribution in [2.24, 2.45) is 0 Å². The Morgan fingerprint density at radius 2 is 1.93 bits per heavy atom. The van der Waals surface area contributed by atoms with Crippen LogP contribution in [0.4, 0.5) is 4.39 Å². The molecule has 1 amide bonds. The molecule has 0 aliphatic heterocycles. The van der Waals surface area contributed by atoms with Gasteiger partial charge in [0.2, 0.25) is 0 Å². The van der Waals surface area contributed by atoms with Crippen LogP contribution in [0, 0.1) is 12.7 Å². The summed E-state index contributed by atoms with van der Waals surface area (Å²) in [5.74, 6) is -1.17. The lowest BCUT2D eigenvalue weighted by Gasteiger charge is -2.06. The maximum Gasteiger partial charge on any atom is 0.310 e. The molecule has 0 atom stereocenters. The van der Waals surface area contributed by atoms with E-state index in [0.29, 0.717) is 13.0 Å². The van der Waals surface area contributed by atoms with Gasteiger partial charge in [-0.05, 0) is 42.7 Å². The van der Waals surface area contributed by atoms with Crippen LogP contribution in [-0.4, -0.2) is 25.0 Å². The number of aryl methyl sites for hydroxylation is 1. The van der Waals surface area contributed by atoms with E-state index >= 15 is 0 Å². The van der Waals surface area contributed by atoms with Gasteiger partial charge in [-0.3, -0.25) is 9.59 Å². The zero-order valence-corrected chi connectivity index (χ0v) is 15.0. The number of nitrogens with one attached hydrogen (secondary N) is 1. The van der Waals surface area contributed by atoms with Crippen LogP contribution in [-0.2, 0) is 27.2 Å². The van der Waals surface area contributed by atoms with E-state index in [1.165, 1.54) is 18.4 Å². The molecule has 1 aromatic heterocycles. The Labute approximate surface area is 156 Å². The fraction of sp³-hybridized carbons (Fsp3) is 0.238. The summed E-state index contributed by atoms with van der Waals surface area (Å²) in [4.78, 5) is 23.8. The van der Waals surface area contributed by atoms with Crippen molar-refractivity contribution in [3.05, 3.63) is 71.2 Å². The van der Waals surface area contributed by atoms with Crippen LogP contribution in [0.3, 0.4) is 0 Å². The van der Waals surface area contributed by atoms with Crippen molar-refractivity contribution in [3.63, 3.8) is 0 Å². The standard InChI is InChI=1S/C21H20FNO4/c1-14-2-7-18-16(12-26-19(18)10-14)11-21(25)27-13-20(24)23-9-8-15-3-5-17(22)6-4-15/h2-7,10,12H,8-9,11,13H2,1H3,(H,23,24). The maximum absolute atomic E-state index is 12.8. The van der Waals surface area contributed by atoms with E-state index < -0.39 is 5.97 Å². The minimum atomic E-state index is -0.494. The molecule has 0 unspecified atom stereocenters. The van der Waals surface area contributed by atoms with E-state index in [2.05, 4.69) is 5.32 Å². The Hall–Kier alpha value is -3.15. The number of rotatable bonds is 7. The third-order valence-corrected chi connectivity index (χ3v) is 4.16. The first-order valence-electron chi connectivity index (χ1n) is 8.65. The van der Waals surface area contributed by atoms with Crippen LogP contribution in [0.25, 0.3) is 11.0 Å². The van der Waals surface area contributed by atoms with Gasteiger partial charge in [0, 0.05) is 17.5 Å². The van der Waals surface area contributed by atoms with Gasteiger partial charge in [-0.15, -0.1) is 0 Å². The molecule has 0 radical (unpaired) electrons. The predicted octanol–water partition coefficient (Wildman–Crippen LogP) is 3.32. The highest BCUT2D eigenvalue weighted by Gasteiger charge is 2.13. The fourth-order valence-electron chi connectivity index (χ4n) is 2.73. The second-order valence-electron chi connectivity index (χ2n) is 6.32. The van der Waals surface area contributed by atoms with Crippen molar-refractivity contribution in [2.75, 3.05) is 13.2 Å². The SMILES string of the molecule is Cc1ccc2c(CC(=O)OCC(=O)NCCc3ccc(F)cc3)coc2c1. The van der Waals surface area contributed by atoms with Crippen molar-refractivity contribution in [1.29, 1.82) is 0 Å². The first kappa shape index (κ1) is 18.6. The van der Waals surface area contributed by atoms with Crippen LogP contribution in [0.2, 0.25) is 0 Å². The summed E-state index contributed by atoms with van der Waals surface area (Å²) < 4.78 is 23.3. The molecule has 2 aromatic carbocycles. The monoisotopic (exact) mass is 369 g/mol. The van der Waals surface area contributed by atoms with E-state index in [9.17, 15) is 14.0 Å². The summed E-state index contributed by atoms with van der Waals surface area (Å²) in [6.07, 6.45) is 2.15. The van der Waals surface area contributed by atoms with Crippen molar-refractivity contribution in [3.8, 4) is 0 Å². The van der Waals surface area contributed by atoms with Gasteiger partial charge in [-0.2, -0.15) is 0 Å². The zero-order chi connectivity index (χ0) is 19.2. The molecule has 3 aromatic rings. The Balaban J connectivity index is 1.41. The van der Waals surface area contributed by atoms with Crippen LogP contribution in [0.1, 0.15) is 16.7 Å². The molecule has 6 heteroatoms. The number of benzene rings is 2. The molecule has 1 heterocycles. The minimum Gasteiger partial charge on any atom is -0.464 e. The van der Waals surface area contributed by atoms with Crippen molar-refractivity contribution in [2.45, 2.75) is 19.8 Å². The second-order valence-corrected chi connectivity index (χ2v) is 6.32. The van der Waals surface area contributed by atoms with Gasteiger partial charge in [-0.1, -0.05) is 24.3 Å². The normalized spacial score (nSPS) is 10.7. The molecule has 0 bridgehead atoms. The highest BCUT2D eigenvalue weighted by Crippen LogP contribution is 2.22. The largest absolute Gasteiger partial charge is 0.464 e. The molecule has 0 spiro atoms. The van der Waals surface area contributed by atoms with E-state index in [0.717, 1.165) is 27.7 Å². The summed E-state index contributed by atoms with van der Waals surface area (Å²) in [7, 11) is 0. The summed E-state index contributed by atoms with van der Waals surface area (Å²) in [5.41, 5.74) is 3.43. The van der Waals surface area contributed by atoms with E-state index in [-0.39, 0.29) is 24.8 Å². The average molecular weight is 369 g/mol. The molecular formula is C21H20FNO4. The van der Waals surface area contributed by atoms with Gasteiger partial charge in [-0.25, -0.2) is 4.39 Å². The zero-order valence-electron chi connectivity index (χ0n) is 15.0. The molecule has 0 fully saturated rings. The lowest BCUT2D eigenvalue weighted by atomic mass is 10.1. The molecule has 0 saturated carbocycles. The number of halogens is 1. The van der Waals surface area contributed by atoms with Gasteiger partial charge in [0.25, 0.3) is 5.91 Å². The third-order valence-electron chi connectivity index (χ3n) is 4.16. The van der Waals surface area contributed by atoms with Crippen LogP contribution in [0.5, 0.6) is 0 Å². The number of fused-ring (bicyclic) bond motifs is 1. The maximum atomic E-state index is 12.8. The minimum absolute atomic E-state index is 0.0406. The van der Waals surface area contributed by atoms with Gasteiger partial charge in [0.15, 0.2) is 6.61 Å². The summed E-state index contributed by atoms with van der Waals surface area (Å²) in [5, 5.41) is 3.53. The number of amides is 1. The first-order chi connectivity index (χ1) is 13.0. The quantitative estimate of drug-likeness (QED) is 0.649. The average Bonchev–Trinajstić information content (AvgIpc) is 3.03. The summed E-state index contributed by atoms with van der Waals surface area (Å²) >= 11 is 0. The molecule has 0 saturated heterocycles. The van der Waals surface area contributed by atoms with E-state index in [1.807, 2.05) is 25.1 Å². The lowest BCUT2D eigenvalue weighted by molar-refractivity contribution is -0.147. The van der Waals surface area contributed by atoms with Crippen molar-refractivity contribution >= 4 is 22.8 Å².